The number of rotatable bonds is 3. The van der Waals surface area contributed by atoms with Crippen molar-refractivity contribution in [1.29, 1.82) is 5.26 Å². The number of likely N-dealkylation sites (tertiary alicyclic amines) is 1. The highest BCUT2D eigenvalue weighted by Gasteiger charge is 2.55. The average molecular weight is 330 g/mol. The molecule has 5 heteroatoms. The zero-order chi connectivity index (χ0) is 17.4. The number of piperidine rings is 1. The maximum Gasteiger partial charge on any atom is 0.251 e. The van der Waals surface area contributed by atoms with Crippen LogP contribution in [0.15, 0.2) is 42.0 Å². The van der Waals surface area contributed by atoms with Gasteiger partial charge in [-0.25, -0.2) is 8.78 Å². The minimum atomic E-state index is -2.40. The highest BCUT2D eigenvalue weighted by atomic mass is 19.3. The van der Waals surface area contributed by atoms with Crippen LogP contribution < -0.4 is 0 Å². The second-order valence-corrected chi connectivity index (χ2v) is 7.04. The topological polar surface area (TPSA) is 44.1 Å². The number of nitrogens with zero attached hydrogens (tertiary/aromatic N) is 2. The molecule has 0 spiro atoms. The molecule has 0 aromatic heterocycles. The summed E-state index contributed by atoms with van der Waals surface area (Å²) in [6, 6.07) is 11.6. The third-order valence-corrected chi connectivity index (χ3v) is 5.58. The van der Waals surface area contributed by atoms with E-state index in [1.54, 1.807) is 11.0 Å². The van der Waals surface area contributed by atoms with Gasteiger partial charge in [0.2, 0.25) is 0 Å². The summed E-state index contributed by atoms with van der Waals surface area (Å²) in [6.45, 7) is 2.70. The molecule has 0 bridgehead atoms. The van der Waals surface area contributed by atoms with Gasteiger partial charge in [-0.05, 0) is 23.9 Å². The van der Waals surface area contributed by atoms with Crippen LogP contribution in [0.5, 0.6) is 0 Å². The Hall–Kier alpha value is -2.06. The van der Waals surface area contributed by atoms with Crippen LogP contribution in [-0.2, 0) is 10.2 Å². The van der Waals surface area contributed by atoms with Crippen LogP contribution in [0.1, 0.15) is 25.3 Å². The zero-order valence-corrected chi connectivity index (χ0v) is 13.6. The Morgan fingerprint density at radius 3 is 2.67 bits per heavy atom. The van der Waals surface area contributed by atoms with E-state index in [-0.39, 0.29) is 29.7 Å². The van der Waals surface area contributed by atoms with Gasteiger partial charge in [0.05, 0.1) is 12.1 Å². The molecule has 0 unspecified atom stereocenters. The number of nitriles is 1. The van der Waals surface area contributed by atoms with Gasteiger partial charge >= 0.3 is 0 Å². The first-order chi connectivity index (χ1) is 11.4. The first-order valence-corrected chi connectivity index (χ1v) is 8.12. The lowest BCUT2D eigenvalue weighted by Gasteiger charge is -2.55. The van der Waals surface area contributed by atoms with Crippen LogP contribution in [-0.4, -0.2) is 36.7 Å². The summed E-state index contributed by atoms with van der Waals surface area (Å²) in [5, 5.41) is 9.34. The quantitative estimate of drug-likeness (QED) is 0.854. The van der Waals surface area contributed by atoms with Gasteiger partial charge in [-0.15, -0.1) is 0 Å². The van der Waals surface area contributed by atoms with Gasteiger partial charge in [0.25, 0.3) is 6.43 Å². The van der Waals surface area contributed by atoms with Gasteiger partial charge in [0.1, 0.15) is 6.07 Å². The fraction of sp³-hybridized carbons (Fsp3) is 0.474. The van der Waals surface area contributed by atoms with E-state index >= 15 is 0 Å². The molecule has 1 fully saturated rings. The first-order valence-electron chi connectivity index (χ1n) is 8.12. The van der Waals surface area contributed by atoms with E-state index in [0.29, 0.717) is 19.5 Å². The van der Waals surface area contributed by atoms with Crippen LogP contribution in [0.3, 0.4) is 0 Å². The standard InChI is InChI=1S/C19H20F2N2O/c1-18-7-8-23(12-17(20)21)13-19(18,15-5-3-2-4-6-15)9-14(11-22)16(24)10-18/h2-6,9,17H,7-8,10,12-13H2,1H3/t18-,19+/m1/s1. The van der Waals surface area contributed by atoms with Gasteiger partial charge in [-0.3, -0.25) is 9.69 Å². The highest BCUT2D eigenvalue weighted by molar-refractivity contribution is 6.01. The number of ketones is 1. The van der Waals surface area contributed by atoms with Crippen LogP contribution >= 0.6 is 0 Å². The first kappa shape index (κ1) is 16.8. The van der Waals surface area contributed by atoms with Crippen molar-refractivity contribution >= 4 is 5.78 Å². The molecule has 0 amide bonds. The van der Waals surface area contributed by atoms with Crippen molar-refractivity contribution in [2.75, 3.05) is 19.6 Å². The summed E-state index contributed by atoms with van der Waals surface area (Å²) in [6.07, 6.45) is 0.275. The molecular weight excluding hydrogens is 310 g/mol. The Morgan fingerprint density at radius 1 is 1.33 bits per heavy atom. The molecule has 1 heterocycles. The van der Waals surface area contributed by atoms with E-state index < -0.39 is 11.8 Å². The molecule has 3 nitrogen and oxygen atoms in total. The summed E-state index contributed by atoms with van der Waals surface area (Å²) in [4.78, 5) is 14.0. The van der Waals surface area contributed by atoms with E-state index in [9.17, 15) is 18.8 Å². The lowest BCUT2D eigenvalue weighted by Crippen LogP contribution is -2.59. The maximum absolute atomic E-state index is 12.9. The van der Waals surface area contributed by atoms with E-state index in [1.807, 2.05) is 43.3 Å². The average Bonchev–Trinajstić information content (AvgIpc) is 2.55. The summed E-state index contributed by atoms with van der Waals surface area (Å²) < 4.78 is 25.8. The van der Waals surface area contributed by atoms with Crippen molar-refractivity contribution < 1.29 is 13.6 Å². The van der Waals surface area contributed by atoms with Crippen molar-refractivity contribution in [3.63, 3.8) is 0 Å². The second-order valence-electron chi connectivity index (χ2n) is 7.04. The SMILES string of the molecule is C[C@]12CCN(CC(F)F)C[C@]1(c1ccccc1)C=C(C#N)C(=O)C2. The summed E-state index contributed by atoms with van der Waals surface area (Å²) in [5.74, 6) is -0.145. The van der Waals surface area contributed by atoms with Gasteiger partial charge in [-0.1, -0.05) is 43.3 Å². The molecule has 1 aromatic rings. The van der Waals surface area contributed by atoms with E-state index in [2.05, 4.69) is 0 Å². The number of carbonyl (C=O) groups is 1. The Balaban J connectivity index is 2.14. The number of carbonyl (C=O) groups excluding carboxylic acids is 1. The largest absolute Gasteiger partial charge is 0.296 e. The molecule has 24 heavy (non-hydrogen) atoms. The Bertz CT molecular complexity index is 710. The number of hydrogen-bond acceptors (Lipinski definition) is 3. The van der Waals surface area contributed by atoms with Crippen molar-refractivity contribution in [2.45, 2.75) is 31.6 Å². The second kappa shape index (κ2) is 6.10. The molecule has 1 aromatic carbocycles. The van der Waals surface area contributed by atoms with Crippen LogP contribution in [0.25, 0.3) is 0 Å². The summed E-state index contributed by atoms with van der Waals surface area (Å²) >= 11 is 0. The van der Waals surface area contributed by atoms with Gasteiger partial charge in [0.15, 0.2) is 5.78 Å². The molecule has 0 radical (unpaired) electrons. The molecule has 2 aliphatic rings. The maximum atomic E-state index is 12.9. The number of benzene rings is 1. The minimum Gasteiger partial charge on any atom is -0.296 e. The number of allylic oxidation sites excluding steroid dienone is 1. The molecule has 0 saturated carbocycles. The minimum absolute atomic E-state index is 0.145. The normalized spacial score (nSPS) is 30.6. The number of Topliss-reactive ketones (excluding diaryl/α,β-unsaturated/α-hetero) is 1. The van der Waals surface area contributed by atoms with Crippen LogP contribution in [0.4, 0.5) is 8.78 Å². The van der Waals surface area contributed by atoms with Crippen molar-refractivity contribution in [2.24, 2.45) is 5.41 Å². The highest BCUT2D eigenvalue weighted by Crippen LogP contribution is 2.54. The number of halogens is 2. The van der Waals surface area contributed by atoms with Crippen LogP contribution in [0, 0.1) is 16.7 Å². The Labute approximate surface area is 140 Å². The number of hydrogen-bond donors (Lipinski definition) is 0. The van der Waals surface area contributed by atoms with Crippen molar-refractivity contribution in [3.05, 3.63) is 47.5 Å². The fourth-order valence-electron chi connectivity index (χ4n) is 4.20. The molecule has 3 rings (SSSR count). The van der Waals surface area contributed by atoms with E-state index in [4.69, 9.17) is 0 Å². The van der Waals surface area contributed by atoms with Gasteiger partial charge in [0, 0.05) is 18.4 Å². The smallest absolute Gasteiger partial charge is 0.251 e. The van der Waals surface area contributed by atoms with Crippen molar-refractivity contribution in [3.8, 4) is 6.07 Å². The van der Waals surface area contributed by atoms with Crippen LogP contribution in [0.2, 0.25) is 0 Å². The summed E-state index contributed by atoms with van der Waals surface area (Å²) in [7, 11) is 0. The fourth-order valence-corrected chi connectivity index (χ4v) is 4.20. The molecule has 1 aliphatic carbocycles. The lowest BCUT2D eigenvalue weighted by atomic mass is 9.52. The van der Waals surface area contributed by atoms with E-state index in [1.165, 1.54) is 0 Å². The summed E-state index contributed by atoms with van der Waals surface area (Å²) in [5.41, 5.74) is 0.159. The van der Waals surface area contributed by atoms with E-state index in [0.717, 1.165) is 5.56 Å². The monoisotopic (exact) mass is 330 g/mol. The lowest BCUT2D eigenvalue weighted by molar-refractivity contribution is -0.121. The molecule has 126 valence electrons. The third kappa shape index (κ3) is 2.65. The Morgan fingerprint density at radius 2 is 2.04 bits per heavy atom. The molecule has 1 aliphatic heterocycles. The zero-order valence-electron chi connectivity index (χ0n) is 13.6. The third-order valence-electron chi connectivity index (χ3n) is 5.58. The van der Waals surface area contributed by atoms with Crippen molar-refractivity contribution in [1.82, 2.24) is 4.90 Å². The molecular formula is C19H20F2N2O. The predicted octanol–water partition coefficient (Wildman–Crippen LogP) is 3.32. The van der Waals surface area contributed by atoms with Gasteiger partial charge in [-0.2, -0.15) is 5.26 Å². The number of fused-ring (bicyclic) bond motifs is 1. The molecule has 1 saturated heterocycles. The number of alkyl halides is 2. The molecule has 0 N–H and O–H groups in total. The predicted molar refractivity (Wildman–Crippen MR) is 86.6 cm³/mol. The molecule has 2 atom stereocenters. The van der Waals surface area contributed by atoms with Gasteiger partial charge < -0.3 is 0 Å². The Kier molecular flexibility index (Phi) is 4.27.